The summed E-state index contributed by atoms with van der Waals surface area (Å²) >= 11 is 1.56. The average Bonchev–Trinajstić information content (AvgIpc) is 3.42. The lowest BCUT2D eigenvalue weighted by molar-refractivity contribution is -0.142. The van der Waals surface area contributed by atoms with Gasteiger partial charge >= 0.3 is 6.18 Å². The van der Waals surface area contributed by atoms with Crippen LogP contribution in [0.4, 0.5) is 13.2 Å². The van der Waals surface area contributed by atoms with Gasteiger partial charge in [0.2, 0.25) is 0 Å². The maximum absolute atomic E-state index is 13.2. The molecule has 0 aliphatic carbocycles. The van der Waals surface area contributed by atoms with Crippen LogP contribution in [0.2, 0.25) is 0 Å². The molecule has 4 aromatic rings. The molecular formula is C20H17F3N4O2S. The summed E-state index contributed by atoms with van der Waals surface area (Å²) in [5.41, 5.74) is 1.10. The number of carbonyl (C=O) groups excluding carboxylic acids is 1. The molecule has 10 heteroatoms. The maximum Gasteiger partial charge on any atom is 0.406 e. The first-order valence-electron chi connectivity index (χ1n) is 9.04. The van der Waals surface area contributed by atoms with Crippen LogP contribution in [0.15, 0.2) is 52.6 Å². The summed E-state index contributed by atoms with van der Waals surface area (Å²) in [6, 6.07) is 8.46. The molecule has 0 N–H and O–H groups in total. The van der Waals surface area contributed by atoms with E-state index in [1.165, 1.54) is 24.6 Å². The van der Waals surface area contributed by atoms with Gasteiger partial charge in [0.25, 0.3) is 5.91 Å². The van der Waals surface area contributed by atoms with Crippen molar-refractivity contribution in [3.63, 3.8) is 0 Å². The number of aromatic nitrogens is 3. The van der Waals surface area contributed by atoms with Crippen LogP contribution >= 0.6 is 11.3 Å². The molecule has 0 aliphatic rings. The van der Waals surface area contributed by atoms with Gasteiger partial charge in [0, 0.05) is 10.6 Å². The number of carbonyl (C=O) groups is 1. The van der Waals surface area contributed by atoms with Crippen LogP contribution in [0, 0.1) is 6.92 Å². The number of thiophene rings is 1. The summed E-state index contributed by atoms with van der Waals surface area (Å²) in [4.78, 5) is 19.4. The molecule has 0 fully saturated rings. The fraction of sp³-hybridized carbons (Fsp3) is 0.250. The van der Waals surface area contributed by atoms with Crippen molar-refractivity contribution >= 4 is 28.3 Å². The number of aryl methyl sites for hydroxylation is 1. The highest BCUT2D eigenvalue weighted by atomic mass is 32.1. The van der Waals surface area contributed by atoms with E-state index in [-0.39, 0.29) is 17.9 Å². The Labute approximate surface area is 173 Å². The monoisotopic (exact) mass is 434 g/mol. The molecule has 1 amide bonds. The lowest BCUT2D eigenvalue weighted by Crippen LogP contribution is -2.38. The van der Waals surface area contributed by atoms with Gasteiger partial charge in [0.05, 0.1) is 36.5 Å². The highest BCUT2D eigenvalue weighted by molar-refractivity contribution is 7.09. The Morgan fingerprint density at radius 3 is 2.80 bits per heavy atom. The first-order chi connectivity index (χ1) is 14.3. The van der Waals surface area contributed by atoms with Crippen molar-refractivity contribution in [3.8, 4) is 0 Å². The fourth-order valence-electron chi connectivity index (χ4n) is 3.19. The summed E-state index contributed by atoms with van der Waals surface area (Å²) in [6.45, 7) is 0.472. The van der Waals surface area contributed by atoms with Gasteiger partial charge in [-0.25, -0.2) is 9.67 Å². The highest BCUT2D eigenvalue weighted by Gasteiger charge is 2.34. The number of halogens is 3. The van der Waals surface area contributed by atoms with E-state index in [1.807, 2.05) is 17.5 Å². The van der Waals surface area contributed by atoms with Gasteiger partial charge in [-0.3, -0.25) is 4.79 Å². The lowest BCUT2D eigenvalue weighted by atomic mass is 10.1. The normalized spacial score (nSPS) is 11.9. The zero-order valence-electron chi connectivity index (χ0n) is 15.9. The van der Waals surface area contributed by atoms with Crippen LogP contribution in [0.5, 0.6) is 0 Å². The average molecular weight is 434 g/mol. The molecule has 0 bridgehead atoms. The van der Waals surface area contributed by atoms with Gasteiger partial charge in [0.15, 0.2) is 5.65 Å². The summed E-state index contributed by atoms with van der Waals surface area (Å²) in [5, 5.41) is 6.67. The zero-order chi connectivity index (χ0) is 21.3. The van der Waals surface area contributed by atoms with E-state index in [0.29, 0.717) is 23.3 Å². The number of rotatable bonds is 6. The van der Waals surface area contributed by atoms with Crippen molar-refractivity contribution in [1.82, 2.24) is 19.7 Å². The molecule has 0 saturated heterocycles. The van der Waals surface area contributed by atoms with Crippen molar-refractivity contribution in [2.75, 3.05) is 6.54 Å². The highest BCUT2D eigenvalue weighted by Crippen LogP contribution is 2.25. The van der Waals surface area contributed by atoms with Gasteiger partial charge in [0.1, 0.15) is 12.3 Å². The van der Waals surface area contributed by atoms with E-state index in [0.717, 1.165) is 9.78 Å². The molecular weight excluding hydrogens is 417 g/mol. The SMILES string of the molecule is Cc1cc(C(=O)N(Cc2ccco2)CC(F)(F)F)c2cnn(Cc3cccs3)c2n1. The van der Waals surface area contributed by atoms with Crippen molar-refractivity contribution < 1.29 is 22.4 Å². The maximum atomic E-state index is 13.2. The van der Waals surface area contributed by atoms with Crippen LogP contribution in [0.1, 0.15) is 26.7 Å². The van der Waals surface area contributed by atoms with E-state index in [4.69, 9.17) is 4.42 Å². The zero-order valence-corrected chi connectivity index (χ0v) is 16.7. The number of amides is 1. The third-order valence-electron chi connectivity index (χ3n) is 4.44. The predicted molar refractivity (Wildman–Crippen MR) is 105 cm³/mol. The van der Waals surface area contributed by atoms with E-state index >= 15 is 0 Å². The molecule has 4 heterocycles. The smallest absolute Gasteiger partial charge is 0.406 e. The summed E-state index contributed by atoms with van der Waals surface area (Å²) in [6.07, 6.45) is -1.72. The number of fused-ring (bicyclic) bond motifs is 1. The van der Waals surface area contributed by atoms with Gasteiger partial charge in [-0.15, -0.1) is 11.3 Å². The Balaban J connectivity index is 1.72. The van der Waals surface area contributed by atoms with Gasteiger partial charge in [-0.1, -0.05) is 6.07 Å². The molecule has 4 rings (SSSR count). The van der Waals surface area contributed by atoms with Gasteiger partial charge in [-0.05, 0) is 36.6 Å². The van der Waals surface area contributed by atoms with Gasteiger partial charge < -0.3 is 9.32 Å². The van der Waals surface area contributed by atoms with Gasteiger partial charge in [-0.2, -0.15) is 18.3 Å². The lowest BCUT2D eigenvalue weighted by Gasteiger charge is -2.23. The van der Waals surface area contributed by atoms with E-state index in [2.05, 4.69) is 10.1 Å². The number of nitrogens with zero attached hydrogens (tertiary/aromatic N) is 4. The number of furan rings is 1. The molecule has 6 nitrogen and oxygen atoms in total. The van der Waals surface area contributed by atoms with E-state index in [9.17, 15) is 18.0 Å². The summed E-state index contributed by atoms with van der Waals surface area (Å²) < 4.78 is 46.3. The van der Waals surface area contributed by atoms with Crippen LogP contribution in [0.3, 0.4) is 0 Å². The van der Waals surface area contributed by atoms with Crippen molar-refractivity contribution in [3.05, 3.63) is 70.1 Å². The minimum atomic E-state index is -4.55. The molecule has 156 valence electrons. The molecule has 0 aromatic carbocycles. The Bertz CT molecular complexity index is 1150. The molecule has 0 atom stereocenters. The van der Waals surface area contributed by atoms with E-state index in [1.54, 1.807) is 29.0 Å². The van der Waals surface area contributed by atoms with Crippen LogP contribution in [-0.4, -0.2) is 38.3 Å². The minimum Gasteiger partial charge on any atom is -0.467 e. The van der Waals surface area contributed by atoms with Crippen molar-refractivity contribution in [1.29, 1.82) is 0 Å². The Morgan fingerprint density at radius 1 is 1.30 bits per heavy atom. The third kappa shape index (κ3) is 4.38. The van der Waals surface area contributed by atoms with Crippen LogP contribution in [0.25, 0.3) is 11.0 Å². The predicted octanol–water partition coefficient (Wildman–Crippen LogP) is 4.65. The largest absolute Gasteiger partial charge is 0.467 e. The Morgan fingerprint density at radius 2 is 2.13 bits per heavy atom. The number of hydrogen-bond donors (Lipinski definition) is 0. The molecule has 4 aromatic heterocycles. The topological polar surface area (TPSA) is 64.2 Å². The first-order valence-corrected chi connectivity index (χ1v) is 9.92. The Hall–Kier alpha value is -3.14. The standard InChI is InChI=1S/C20H17F3N4O2S/c1-13-8-16(17-9-24-27(18(17)25-13)11-15-5-3-7-30-15)19(28)26(12-20(21,22)23)10-14-4-2-6-29-14/h2-9H,10-12H2,1H3. The third-order valence-corrected chi connectivity index (χ3v) is 5.30. The molecule has 0 radical (unpaired) electrons. The number of alkyl halides is 3. The second-order valence-electron chi connectivity index (χ2n) is 6.79. The fourth-order valence-corrected chi connectivity index (χ4v) is 3.88. The van der Waals surface area contributed by atoms with Crippen molar-refractivity contribution in [2.24, 2.45) is 0 Å². The first kappa shape index (κ1) is 20.1. The minimum absolute atomic E-state index is 0.130. The molecule has 0 aliphatic heterocycles. The van der Waals surface area contributed by atoms with Crippen LogP contribution < -0.4 is 0 Å². The second kappa shape index (κ2) is 7.94. The van der Waals surface area contributed by atoms with E-state index < -0.39 is 18.6 Å². The molecule has 0 spiro atoms. The number of pyridine rings is 1. The van der Waals surface area contributed by atoms with Crippen molar-refractivity contribution in [2.45, 2.75) is 26.2 Å². The molecule has 0 unspecified atom stereocenters. The Kier molecular flexibility index (Phi) is 5.33. The molecule has 30 heavy (non-hydrogen) atoms. The summed E-state index contributed by atoms with van der Waals surface area (Å²) in [7, 11) is 0. The summed E-state index contributed by atoms with van der Waals surface area (Å²) in [5.74, 6) is -0.488. The molecule has 0 saturated carbocycles. The van der Waals surface area contributed by atoms with Crippen LogP contribution in [-0.2, 0) is 13.1 Å². The number of hydrogen-bond acceptors (Lipinski definition) is 5. The second-order valence-corrected chi connectivity index (χ2v) is 7.82. The quantitative estimate of drug-likeness (QED) is 0.443.